The summed E-state index contributed by atoms with van der Waals surface area (Å²) in [5.74, 6) is -9.53. The van der Waals surface area contributed by atoms with Gasteiger partial charge in [0.05, 0.1) is 21.3 Å². The molecule has 0 spiro atoms. The van der Waals surface area contributed by atoms with Crippen molar-refractivity contribution in [1.29, 1.82) is 0 Å². The predicted molar refractivity (Wildman–Crippen MR) is 351 cm³/mol. The molecule has 2 aliphatic heterocycles. The van der Waals surface area contributed by atoms with Gasteiger partial charge in [0.2, 0.25) is 12.1 Å². The van der Waals surface area contributed by atoms with Crippen LogP contribution in [0.3, 0.4) is 0 Å². The Hall–Kier alpha value is -9.91. The molecular formula is C79H74O16. The van der Waals surface area contributed by atoms with Crippen molar-refractivity contribution < 1.29 is 84.3 Å². The zero-order chi connectivity index (χ0) is 71.8. The lowest BCUT2D eigenvalue weighted by atomic mass is 9.80. The van der Waals surface area contributed by atoms with Gasteiger partial charge in [0.15, 0.2) is 30.5 Å². The van der Waals surface area contributed by atoms with Crippen LogP contribution in [0.4, 0.5) is 0 Å². The summed E-state index contributed by atoms with van der Waals surface area (Å²) >= 11 is 0. The second-order valence-corrected chi connectivity index (χ2v) is 22.6. The van der Waals surface area contributed by atoms with Crippen molar-refractivity contribution in [3.05, 3.63) is 323 Å². The molecule has 0 N–H and O–H groups in total. The van der Waals surface area contributed by atoms with Crippen LogP contribution >= 0.6 is 0 Å². The minimum absolute atomic E-state index is 0.263. The molecule has 0 unspecified atom stereocenters. The number of carbonyl (C=O) groups is 5. The molecule has 2 saturated heterocycles. The van der Waals surface area contributed by atoms with E-state index in [4.69, 9.17) is 52.1 Å². The first-order chi connectivity index (χ1) is 48.4. The second kappa shape index (κ2) is 30.0. The third-order valence-electron chi connectivity index (χ3n) is 16.2. The number of esters is 5. The number of benzene rings is 9. The zero-order valence-electron chi connectivity index (χ0n) is 58.6. The van der Waals surface area contributed by atoms with E-state index in [2.05, 4.69) is 0 Å². The standard InChI is InChI=1S/C79H74O16/c1-54(80)88-70-68(51-85-77(59-33-15-6-16-34-59,60-35-17-7-18-36-60)61-37-19-8-20-38-61)93-75(73(91-57(4)83)72(70)90-56(3)82)95-76(53-87-79(65-45-27-12-28-46-65,66-47-29-13-30-48-66)67-49-31-14-32-50-67)74(92-58(5)84)71(89-55(2)81)69(94-76)52-86-78(62-39-21-9-22-40-62,63-41-23-10-24-42-63)64-43-25-11-26-44-64/h6-50,68-75H,51-53H2,1-5H3/t68-,69+,70-,71+,72+,73-,74-,75-,76-/m0/s1/i51D2,52D2,53D2. The molecule has 486 valence electrons. The van der Waals surface area contributed by atoms with Crippen molar-refractivity contribution in [3.63, 3.8) is 0 Å². The SMILES string of the molecule is [2H]C([2H])(OC(c1ccccc1)(c1ccccc1)c1ccccc1)[C@@H]1O[C@@H](O[C@]2(C([2H])([2H])OC(c3ccccc3)(c3ccccc3)c3ccccc3)O[C@H](C([2H])([2H])OC(c3ccccc3)(c3ccccc3)c3ccccc3)[C@@H](OC(C)=O)[C@@H]2OC(C)=O)[C@@H](OC(C)=O)[C@H](OC(C)=O)[C@H]1OC(C)=O. The third-order valence-corrected chi connectivity index (χ3v) is 16.2. The van der Waals surface area contributed by atoms with Gasteiger partial charge in [-0.25, -0.2) is 0 Å². The Labute approximate surface area is 560 Å². The van der Waals surface area contributed by atoms with Crippen molar-refractivity contribution in [2.75, 3.05) is 19.7 Å². The van der Waals surface area contributed by atoms with Crippen molar-refractivity contribution in [1.82, 2.24) is 0 Å². The van der Waals surface area contributed by atoms with E-state index in [0.717, 1.165) is 34.6 Å². The van der Waals surface area contributed by atoms with Crippen LogP contribution in [-0.4, -0.2) is 104 Å². The van der Waals surface area contributed by atoms with Gasteiger partial charge >= 0.3 is 29.8 Å². The van der Waals surface area contributed by atoms with E-state index in [1.54, 1.807) is 273 Å². The van der Waals surface area contributed by atoms with E-state index in [1.807, 2.05) is 0 Å². The molecule has 0 radical (unpaired) electrons. The summed E-state index contributed by atoms with van der Waals surface area (Å²) in [6.07, 6.45) is -19.4. The highest BCUT2D eigenvalue weighted by Crippen LogP contribution is 2.49. The predicted octanol–water partition coefficient (Wildman–Crippen LogP) is 12.5. The minimum Gasteiger partial charge on any atom is -0.456 e. The van der Waals surface area contributed by atoms with E-state index in [1.165, 1.54) is 0 Å². The van der Waals surface area contributed by atoms with Crippen molar-refractivity contribution >= 4 is 29.8 Å². The van der Waals surface area contributed by atoms with Gasteiger partial charge in [-0.05, 0) is 50.1 Å². The van der Waals surface area contributed by atoms with Crippen LogP contribution in [-0.2, 0) is 92.9 Å². The van der Waals surface area contributed by atoms with Gasteiger partial charge in [-0.2, -0.15) is 0 Å². The van der Waals surface area contributed by atoms with E-state index < -0.39 is 121 Å². The Bertz CT molecular complexity index is 3980. The first-order valence-corrected chi connectivity index (χ1v) is 30.9. The monoisotopic (exact) mass is 1280 g/mol. The summed E-state index contributed by atoms with van der Waals surface area (Å²) in [5.41, 5.74) is -3.20. The molecular weight excluding hydrogens is 1200 g/mol. The maximum absolute atomic E-state index is 14.4. The van der Waals surface area contributed by atoms with Gasteiger partial charge in [0, 0.05) is 34.6 Å². The molecule has 9 aromatic carbocycles. The van der Waals surface area contributed by atoms with E-state index >= 15 is 0 Å². The van der Waals surface area contributed by atoms with Crippen LogP contribution in [0.25, 0.3) is 0 Å². The third kappa shape index (κ3) is 14.3. The van der Waals surface area contributed by atoms with Gasteiger partial charge < -0.3 is 52.1 Å². The molecule has 16 nitrogen and oxygen atoms in total. The summed E-state index contributed by atoms with van der Waals surface area (Å²) in [7, 11) is 0. The fourth-order valence-corrected chi connectivity index (χ4v) is 12.3. The Morgan fingerprint density at radius 1 is 0.337 bits per heavy atom. The lowest BCUT2D eigenvalue weighted by Crippen LogP contribution is -2.66. The average Bonchev–Trinajstić information content (AvgIpc) is 1.58. The Morgan fingerprint density at radius 2 is 0.589 bits per heavy atom. The van der Waals surface area contributed by atoms with Gasteiger partial charge in [-0.1, -0.05) is 273 Å². The molecule has 9 atom stereocenters. The molecule has 0 bridgehead atoms. The average molecular weight is 1290 g/mol. The van der Waals surface area contributed by atoms with E-state index in [-0.39, 0.29) is 16.7 Å². The molecule has 16 heteroatoms. The van der Waals surface area contributed by atoms with Gasteiger partial charge in [-0.15, -0.1) is 0 Å². The molecule has 0 amide bonds. The Kier molecular flexibility index (Phi) is 18.6. The number of rotatable bonds is 25. The normalized spacial score (nSPS) is 22.5. The minimum atomic E-state index is -3.88. The van der Waals surface area contributed by atoms with Gasteiger partial charge in [-0.3, -0.25) is 24.0 Å². The van der Waals surface area contributed by atoms with E-state index in [9.17, 15) is 32.2 Å². The van der Waals surface area contributed by atoms with E-state index in [0.29, 0.717) is 33.4 Å². The maximum atomic E-state index is 14.4. The first kappa shape index (κ1) is 58.9. The topological polar surface area (TPSA) is 187 Å². The van der Waals surface area contributed by atoms with Crippen molar-refractivity contribution in [3.8, 4) is 0 Å². The second-order valence-electron chi connectivity index (χ2n) is 22.6. The highest BCUT2D eigenvalue weighted by atomic mass is 16.8. The zero-order valence-corrected chi connectivity index (χ0v) is 52.6. The fraction of sp³-hybridized carbons (Fsp3) is 0.253. The summed E-state index contributed by atoms with van der Waals surface area (Å²) < 4.78 is 138. The molecule has 0 saturated carbocycles. The Balaban J connectivity index is 1.20. The largest absolute Gasteiger partial charge is 0.456 e. The van der Waals surface area contributed by atoms with Crippen LogP contribution in [0, 0.1) is 0 Å². The molecule has 9 aromatic rings. The number of hydrogen-bond acceptors (Lipinski definition) is 16. The molecule has 95 heavy (non-hydrogen) atoms. The van der Waals surface area contributed by atoms with Gasteiger partial charge in [0.1, 0.15) is 35.6 Å². The van der Waals surface area contributed by atoms with Crippen LogP contribution in [0.5, 0.6) is 0 Å². The molecule has 2 fully saturated rings. The van der Waals surface area contributed by atoms with Crippen LogP contribution in [0.2, 0.25) is 0 Å². The summed E-state index contributed by atoms with van der Waals surface area (Å²) in [5, 5.41) is 0. The Morgan fingerprint density at radius 3 is 0.884 bits per heavy atom. The summed E-state index contributed by atoms with van der Waals surface area (Å²) in [6, 6.07) is 76.6. The van der Waals surface area contributed by atoms with Crippen LogP contribution in [0.1, 0.15) is 92.9 Å². The highest BCUT2D eigenvalue weighted by molar-refractivity contribution is 5.69. The van der Waals surface area contributed by atoms with Crippen LogP contribution in [0.15, 0.2) is 273 Å². The van der Waals surface area contributed by atoms with Crippen LogP contribution < -0.4 is 0 Å². The number of ether oxygens (including phenoxy) is 11. The first-order valence-electron chi connectivity index (χ1n) is 33.9. The maximum Gasteiger partial charge on any atom is 0.303 e. The number of carbonyl (C=O) groups excluding carboxylic acids is 5. The molecule has 0 aromatic heterocycles. The lowest BCUT2D eigenvalue weighted by molar-refractivity contribution is -0.390. The quantitative estimate of drug-likeness (QED) is 0.0298. The fourth-order valence-electron chi connectivity index (χ4n) is 12.3. The number of hydrogen-bond donors (Lipinski definition) is 0. The summed E-state index contributed by atoms with van der Waals surface area (Å²) in [4.78, 5) is 70.1. The highest BCUT2D eigenvalue weighted by Gasteiger charge is 2.65. The molecule has 11 rings (SSSR count). The van der Waals surface area contributed by atoms with Crippen molar-refractivity contribution in [2.45, 2.75) is 106 Å². The molecule has 2 heterocycles. The smallest absolute Gasteiger partial charge is 0.303 e. The molecule has 0 aliphatic carbocycles. The van der Waals surface area contributed by atoms with Gasteiger partial charge in [0.25, 0.3) is 0 Å². The lowest BCUT2D eigenvalue weighted by Gasteiger charge is -2.48. The van der Waals surface area contributed by atoms with Crippen molar-refractivity contribution in [2.24, 2.45) is 0 Å². The molecule has 2 aliphatic rings. The summed E-state index contributed by atoms with van der Waals surface area (Å²) in [6.45, 7) is -5.95.